The fourth-order valence-electron chi connectivity index (χ4n) is 3.53. The maximum Gasteiger partial charge on any atom is 0.233 e. The van der Waals surface area contributed by atoms with Crippen molar-refractivity contribution in [2.45, 2.75) is 18.6 Å². The largest absolute Gasteiger partial charge is 0.339 e. The Balaban J connectivity index is 1.29. The van der Waals surface area contributed by atoms with Crippen LogP contribution >= 0.6 is 11.8 Å². The Morgan fingerprint density at radius 2 is 1.79 bits per heavy atom. The Bertz CT molecular complexity index is 951. The van der Waals surface area contributed by atoms with Gasteiger partial charge in [-0.2, -0.15) is 0 Å². The molecule has 0 atom stereocenters. The molecule has 3 aromatic rings. The molecule has 0 radical (unpaired) electrons. The number of para-hydroxylation sites is 1. The van der Waals surface area contributed by atoms with Gasteiger partial charge in [0, 0.05) is 57.5 Å². The maximum absolute atomic E-state index is 12.7. The predicted octanol–water partition coefficient (Wildman–Crippen LogP) is 3.01. The molecule has 7 heteroatoms. The molecule has 0 bridgehead atoms. The first kappa shape index (κ1) is 19.7. The minimum absolute atomic E-state index is 0.179. The van der Waals surface area contributed by atoms with Crippen molar-refractivity contribution in [3.8, 4) is 5.69 Å². The summed E-state index contributed by atoms with van der Waals surface area (Å²) in [4.78, 5) is 25.6. The van der Waals surface area contributed by atoms with Gasteiger partial charge in [-0.25, -0.2) is 4.98 Å². The summed E-state index contributed by atoms with van der Waals surface area (Å²) in [5.74, 6) is 0.589. The van der Waals surface area contributed by atoms with Crippen LogP contribution in [0.5, 0.6) is 0 Å². The van der Waals surface area contributed by atoms with Crippen molar-refractivity contribution in [3.63, 3.8) is 0 Å². The van der Waals surface area contributed by atoms with Crippen LogP contribution in [-0.2, 0) is 11.3 Å². The van der Waals surface area contributed by atoms with Gasteiger partial charge in [0.25, 0.3) is 0 Å². The van der Waals surface area contributed by atoms with Crippen LogP contribution < -0.4 is 0 Å². The minimum Gasteiger partial charge on any atom is -0.339 e. The van der Waals surface area contributed by atoms with Gasteiger partial charge in [-0.1, -0.05) is 30.0 Å². The fraction of sp³-hybridized carbons (Fsp3) is 0.318. The minimum atomic E-state index is 0.179. The Kier molecular flexibility index (Phi) is 6.27. The van der Waals surface area contributed by atoms with Crippen LogP contribution in [0.2, 0.25) is 0 Å². The standard InChI is InChI=1S/C22H25N5OS/c1-18-4-2-3-5-20(18)27-11-10-24-22(27)29-17-21(28)26-14-12-25(13-15-26)16-19-6-8-23-9-7-19/h2-11H,12-17H2,1H3. The first-order chi connectivity index (χ1) is 14.2. The van der Waals surface area contributed by atoms with E-state index in [1.54, 1.807) is 6.20 Å². The number of pyridine rings is 1. The van der Waals surface area contributed by atoms with E-state index in [0.717, 1.165) is 43.6 Å². The van der Waals surface area contributed by atoms with Crippen LogP contribution in [0.1, 0.15) is 11.1 Å². The number of piperazine rings is 1. The van der Waals surface area contributed by atoms with E-state index in [9.17, 15) is 4.79 Å². The van der Waals surface area contributed by atoms with Crippen molar-refractivity contribution in [2.75, 3.05) is 31.9 Å². The highest BCUT2D eigenvalue weighted by Gasteiger charge is 2.21. The Hall–Kier alpha value is -2.64. The van der Waals surface area contributed by atoms with E-state index in [1.165, 1.54) is 22.9 Å². The van der Waals surface area contributed by atoms with Gasteiger partial charge in [0.15, 0.2) is 5.16 Å². The third kappa shape index (κ3) is 4.86. The summed E-state index contributed by atoms with van der Waals surface area (Å²) in [7, 11) is 0. The number of hydrogen-bond donors (Lipinski definition) is 0. The second kappa shape index (κ2) is 9.24. The van der Waals surface area contributed by atoms with E-state index in [4.69, 9.17) is 0 Å². The quantitative estimate of drug-likeness (QED) is 0.588. The number of hydrogen-bond acceptors (Lipinski definition) is 5. The molecule has 0 N–H and O–H groups in total. The smallest absolute Gasteiger partial charge is 0.233 e. The molecule has 1 amide bonds. The monoisotopic (exact) mass is 407 g/mol. The number of imidazole rings is 1. The molecule has 1 aliphatic heterocycles. The lowest BCUT2D eigenvalue weighted by atomic mass is 10.2. The number of carbonyl (C=O) groups excluding carboxylic acids is 1. The molecule has 1 fully saturated rings. The van der Waals surface area contributed by atoms with E-state index >= 15 is 0 Å². The van der Waals surface area contributed by atoms with Crippen molar-refractivity contribution >= 4 is 17.7 Å². The van der Waals surface area contributed by atoms with E-state index < -0.39 is 0 Å². The highest BCUT2D eigenvalue weighted by atomic mass is 32.2. The number of rotatable bonds is 6. The summed E-state index contributed by atoms with van der Waals surface area (Å²) in [6, 6.07) is 12.3. The van der Waals surface area contributed by atoms with Gasteiger partial charge in [-0.3, -0.25) is 19.2 Å². The average Bonchev–Trinajstić information content (AvgIpc) is 3.22. The van der Waals surface area contributed by atoms with Crippen LogP contribution in [0, 0.1) is 6.92 Å². The molecule has 150 valence electrons. The molecule has 0 unspecified atom stereocenters. The molecule has 1 aromatic carbocycles. The summed E-state index contributed by atoms with van der Waals surface area (Å²) >= 11 is 1.50. The van der Waals surface area contributed by atoms with Gasteiger partial charge in [-0.05, 0) is 36.2 Å². The molecule has 2 aromatic heterocycles. The molecule has 0 saturated carbocycles. The zero-order valence-electron chi connectivity index (χ0n) is 16.6. The average molecular weight is 408 g/mol. The molecule has 1 aliphatic rings. The normalized spacial score (nSPS) is 14.9. The van der Waals surface area contributed by atoms with E-state index in [0.29, 0.717) is 5.75 Å². The zero-order valence-corrected chi connectivity index (χ0v) is 17.4. The van der Waals surface area contributed by atoms with Crippen molar-refractivity contribution < 1.29 is 4.79 Å². The highest BCUT2D eigenvalue weighted by Crippen LogP contribution is 2.23. The summed E-state index contributed by atoms with van der Waals surface area (Å²) in [5, 5.41) is 0.851. The van der Waals surface area contributed by atoms with Gasteiger partial charge in [0.1, 0.15) is 0 Å². The Morgan fingerprint density at radius 1 is 1.03 bits per heavy atom. The number of thioether (sulfide) groups is 1. The molecule has 3 heterocycles. The summed E-state index contributed by atoms with van der Waals surface area (Å²) in [5.41, 5.74) is 3.55. The third-order valence-corrected chi connectivity index (χ3v) is 6.14. The number of carbonyl (C=O) groups is 1. The molecule has 1 saturated heterocycles. The van der Waals surface area contributed by atoms with Crippen molar-refractivity contribution in [2.24, 2.45) is 0 Å². The number of aryl methyl sites for hydroxylation is 1. The summed E-state index contributed by atoms with van der Waals surface area (Å²) in [6.45, 7) is 6.34. The molecule has 0 spiro atoms. The number of benzene rings is 1. The summed E-state index contributed by atoms with van der Waals surface area (Å²) in [6.07, 6.45) is 7.39. The maximum atomic E-state index is 12.7. The topological polar surface area (TPSA) is 54.3 Å². The first-order valence-electron chi connectivity index (χ1n) is 9.82. The summed E-state index contributed by atoms with van der Waals surface area (Å²) < 4.78 is 2.06. The second-order valence-corrected chi connectivity index (χ2v) is 8.11. The van der Waals surface area contributed by atoms with Crippen LogP contribution in [0.4, 0.5) is 0 Å². The fourth-order valence-corrected chi connectivity index (χ4v) is 4.40. The van der Waals surface area contributed by atoms with Crippen molar-refractivity contribution in [3.05, 3.63) is 72.3 Å². The Labute approximate surface area is 175 Å². The molecular weight excluding hydrogens is 382 g/mol. The van der Waals surface area contributed by atoms with Crippen LogP contribution in [0.3, 0.4) is 0 Å². The van der Waals surface area contributed by atoms with E-state index in [1.807, 2.05) is 47.8 Å². The lowest BCUT2D eigenvalue weighted by Gasteiger charge is -2.34. The van der Waals surface area contributed by atoms with Crippen LogP contribution in [0.25, 0.3) is 5.69 Å². The molecular formula is C22H25N5OS. The van der Waals surface area contributed by atoms with Gasteiger partial charge >= 0.3 is 0 Å². The van der Waals surface area contributed by atoms with Gasteiger partial charge in [0.05, 0.1) is 11.4 Å². The number of aromatic nitrogens is 3. The van der Waals surface area contributed by atoms with Crippen LogP contribution in [-0.4, -0.2) is 62.2 Å². The van der Waals surface area contributed by atoms with Gasteiger partial charge in [0.2, 0.25) is 5.91 Å². The van der Waals surface area contributed by atoms with Crippen LogP contribution in [0.15, 0.2) is 66.3 Å². The highest BCUT2D eigenvalue weighted by molar-refractivity contribution is 7.99. The van der Waals surface area contributed by atoms with E-state index in [2.05, 4.69) is 38.5 Å². The SMILES string of the molecule is Cc1ccccc1-n1ccnc1SCC(=O)N1CCN(Cc2ccncc2)CC1. The van der Waals surface area contributed by atoms with Gasteiger partial charge < -0.3 is 4.90 Å². The molecule has 29 heavy (non-hydrogen) atoms. The molecule has 4 rings (SSSR count). The lowest BCUT2D eigenvalue weighted by molar-refractivity contribution is -0.130. The lowest BCUT2D eigenvalue weighted by Crippen LogP contribution is -2.48. The third-order valence-electron chi connectivity index (χ3n) is 5.19. The molecule has 6 nitrogen and oxygen atoms in total. The Morgan fingerprint density at radius 3 is 2.55 bits per heavy atom. The number of nitrogens with zero attached hydrogens (tertiary/aromatic N) is 5. The van der Waals surface area contributed by atoms with E-state index in [-0.39, 0.29) is 5.91 Å². The van der Waals surface area contributed by atoms with Crippen molar-refractivity contribution in [1.29, 1.82) is 0 Å². The second-order valence-electron chi connectivity index (χ2n) is 7.17. The zero-order chi connectivity index (χ0) is 20.1. The van der Waals surface area contributed by atoms with Gasteiger partial charge in [-0.15, -0.1) is 0 Å². The molecule has 0 aliphatic carbocycles. The number of amides is 1. The predicted molar refractivity (Wildman–Crippen MR) is 115 cm³/mol. The first-order valence-corrected chi connectivity index (χ1v) is 10.8. The van der Waals surface area contributed by atoms with Crippen molar-refractivity contribution in [1.82, 2.24) is 24.3 Å².